The first-order valence-corrected chi connectivity index (χ1v) is 10.6. The first-order valence-electron chi connectivity index (χ1n) is 10.6. The van der Waals surface area contributed by atoms with Gasteiger partial charge in [0.25, 0.3) is 0 Å². The van der Waals surface area contributed by atoms with Gasteiger partial charge >= 0.3 is 5.97 Å². The third-order valence-corrected chi connectivity index (χ3v) is 5.89. The molecule has 5 rings (SSSR count). The van der Waals surface area contributed by atoms with Gasteiger partial charge < -0.3 is 14.4 Å². The average molecular weight is 450 g/mol. The van der Waals surface area contributed by atoms with Crippen molar-refractivity contribution in [1.82, 2.24) is 14.5 Å². The van der Waals surface area contributed by atoms with Crippen molar-refractivity contribution in [2.24, 2.45) is 0 Å². The highest BCUT2D eigenvalue weighted by molar-refractivity contribution is 5.93. The van der Waals surface area contributed by atoms with Crippen molar-refractivity contribution in [1.29, 1.82) is 0 Å². The number of benzene rings is 2. The number of hydrogen-bond donors (Lipinski definition) is 1. The number of carboxylic acid groups (broad SMARTS) is 1. The highest BCUT2D eigenvalue weighted by atomic mass is 35.5. The molecule has 4 aromatic rings. The Kier molecular flexibility index (Phi) is 6.42. The number of ether oxygens (including phenoxy) is 1. The van der Waals surface area contributed by atoms with E-state index < -0.39 is 5.97 Å². The molecule has 1 aliphatic rings. The van der Waals surface area contributed by atoms with Crippen molar-refractivity contribution in [2.45, 2.75) is 38.3 Å². The summed E-state index contributed by atoms with van der Waals surface area (Å²) in [6.45, 7) is 0.487. The zero-order chi connectivity index (χ0) is 21.2. The lowest BCUT2D eigenvalue weighted by atomic mass is 10.1. The minimum Gasteiger partial charge on any atom is -0.489 e. The number of rotatable bonds is 6. The van der Waals surface area contributed by atoms with Gasteiger partial charge in [0, 0.05) is 24.0 Å². The van der Waals surface area contributed by atoms with Gasteiger partial charge in [0.2, 0.25) is 0 Å². The first-order chi connectivity index (χ1) is 15.2. The molecule has 2 aromatic heterocycles. The number of aromatic nitrogens is 3. The lowest BCUT2D eigenvalue weighted by Crippen LogP contribution is -2.06. The Morgan fingerprint density at radius 1 is 1.03 bits per heavy atom. The van der Waals surface area contributed by atoms with Crippen molar-refractivity contribution in [3.63, 3.8) is 0 Å². The summed E-state index contributed by atoms with van der Waals surface area (Å²) in [5.74, 6) is 0.733. The van der Waals surface area contributed by atoms with Crippen LogP contribution >= 0.6 is 12.4 Å². The Labute approximate surface area is 192 Å². The fourth-order valence-corrected chi connectivity index (χ4v) is 4.31. The van der Waals surface area contributed by atoms with Crippen LogP contribution in [0.2, 0.25) is 0 Å². The molecule has 0 saturated heterocycles. The molecule has 1 aliphatic carbocycles. The Hall–Kier alpha value is -3.38. The van der Waals surface area contributed by atoms with Crippen LogP contribution in [0.5, 0.6) is 5.75 Å². The molecule has 32 heavy (non-hydrogen) atoms. The molecular weight excluding hydrogens is 426 g/mol. The number of carboxylic acids is 1. The van der Waals surface area contributed by atoms with Crippen LogP contribution in [-0.4, -0.2) is 25.6 Å². The predicted molar refractivity (Wildman–Crippen MR) is 125 cm³/mol. The normalized spacial score (nSPS) is 13.8. The second kappa shape index (κ2) is 9.40. The van der Waals surface area contributed by atoms with Gasteiger partial charge in [-0.2, -0.15) is 0 Å². The zero-order valence-corrected chi connectivity index (χ0v) is 18.3. The van der Waals surface area contributed by atoms with Crippen LogP contribution in [0.1, 0.15) is 47.6 Å². The van der Waals surface area contributed by atoms with Gasteiger partial charge in [-0.1, -0.05) is 12.8 Å². The molecule has 2 heterocycles. The molecule has 0 atom stereocenters. The highest BCUT2D eigenvalue weighted by Gasteiger charge is 2.24. The van der Waals surface area contributed by atoms with Crippen LogP contribution in [-0.2, 0) is 6.61 Å². The summed E-state index contributed by atoms with van der Waals surface area (Å²) in [4.78, 5) is 20.3. The average Bonchev–Trinajstić information content (AvgIpc) is 3.46. The van der Waals surface area contributed by atoms with Gasteiger partial charge in [0.05, 0.1) is 16.6 Å². The molecule has 1 fully saturated rings. The molecule has 1 N–H and O–H groups in total. The minimum absolute atomic E-state index is 0. The van der Waals surface area contributed by atoms with Gasteiger partial charge in [-0.25, -0.2) is 9.78 Å². The van der Waals surface area contributed by atoms with E-state index in [1.807, 2.05) is 42.5 Å². The van der Waals surface area contributed by atoms with E-state index in [-0.39, 0.29) is 18.0 Å². The van der Waals surface area contributed by atoms with Gasteiger partial charge in [-0.3, -0.25) is 4.98 Å². The largest absolute Gasteiger partial charge is 0.489 e. The minimum atomic E-state index is -0.936. The number of nitrogens with zero attached hydrogens (tertiary/aromatic N) is 3. The smallest absolute Gasteiger partial charge is 0.335 e. The Morgan fingerprint density at radius 2 is 1.75 bits per heavy atom. The maximum Gasteiger partial charge on any atom is 0.335 e. The monoisotopic (exact) mass is 449 g/mol. The van der Waals surface area contributed by atoms with E-state index in [1.165, 1.54) is 12.8 Å². The maximum absolute atomic E-state index is 11.4. The van der Waals surface area contributed by atoms with E-state index in [0.717, 1.165) is 46.6 Å². The number of aromatic carboxylic acids is 1. The van der Waals surface area contributed by atoms with E-state index in [2.05, 4.69) is 9.55 Å². The van der Waals surface area contributed by atoms with Crippen molar-refractivity contribution < 1.29 is 14.6 Å². The first kappa shape index (κ1) is 21.8. The van der Waals surface area contributed by atoms with Crippen molar-refractivity contribution in [3.8, 4) is 17.1 Å². The molecule has 0 radical (unpaired) electrons. The number of halogens is 1. The molecule has 0 aliphatic heterocycles. The molecular formula is C25H24ClN3O3. The van der Waals surface area contributed by atoms with Gasteiger partial charge in [0.15, 0.2) is 0 Å². The molecule has 1 saturated carbocycles. The number of carbonyl (C=O) groups is 1. The molecule has 0 bridgehead atoms. The topological polar surface area (TPSA) is 77.2 Å². The van der Waals surface area contributed by atoms with E-state index >= 15 is 0 Å². The number of pyridine rings is 1. The SMILES string of the molecule is Cl.O=C(O)c1ccc2c(c1)nc(-c1ccc(OCc3ccncc3)cc1)n2C1CCCC1. The molecule has 2 aromatic carbocycles. The quantitative estimate of drug-likeness (QED) is 0.395. The summed E-state index contributed by atoms with van der Waals surface area (Å²) in [6, 6.07) is 17.4. The number of imidazole rings is 1. The fraction of sp³-hybridized carbons (Fsp3) is 0.240. The van der Waals surface area contributed by atoms with E-state index in [0.29, 0.717) is 12.6 Å². The lowest BCUT2D eigenvalue weighted by Gasteiger charge is -2.17. The molecule has 7 heteroatoms. The maximum atomic E-state index is 11.4. The summed E-state index contributed by atoms with van der Waals surface area (Å²) < 4.78 is 8.19. The van der Waals surface area contributed by atoms with E-state index in [9.17, 15) is 9.90 Å². The van der Waals surface area contributed by atoms with Crippen LogP contribution in [0.3, 0.4) is 0 Å². The highest BCUT2D eigenvalue weighted by Crippen LogP contribution is 2.37. The van der Waals surface area contributed by atoms with Crippen LogP contribution < -0.4 is 4.74 Å². The van der Waals surface area contributed by atoms with Gasteiger partial charge in [0.1, 0.15) is 18.2 Å². The van der Waals surface area contributed by atoms with Crippen molar-refractivity contribution in [3.05, 3.63) is 78.1 Å². The predicted octanol–water partition coefficient (Wildman–Crippen LogP) is 5.91. The number of fused-ring (bicyclic) bond motifs is 1. The van der Waals surface area contributed by atoms with E-state index in [4.69, 9.17) is 9.72 Å². The molecule has 0 unspecified atom stereocenters. The molecule has 6 nitrogen and oxygen atoms in total. The summed E-state index contributed by atoms with van der Waals surface area (Å²) in [5.41, 5.74) is 4.03. The number of hydrogen-bond acceptors (Lipinski definition) is 4. The molecule has 0 spiro atoms. The van der Waals surface area contributed by atoms with Crippen LogP contribution in [0.4, 0.5) is 0 Å². The van der Waals surface area contributed by atoms with Crippen molar-refractivity contribution in [2.75, 3.05) is 0 Å². The van der Waals surface area contributed by atoms with Crippen LogP contribution in [0.25, 0.3) is 22.4 Å². The fourth-order valence-electron chi connectivity index (χ4n) is 4.31. The second-order valence-corrected chi connectivity index (χ2v) is 7.92. The Morgan fingerprint density at radius 3 is 2.44 bits per heavy atom. The van der Waals surface area contributed by atoms with Crippen molar-refractivity contribution >= 4 is 29.4 Å². The standard InChI is InChI=1S/C25H23N3O3.ClH/c29-25(30)19-7-10-23-22(15-19)27-24(28(23)20-3-1-2-4-20)18-5-8-21(9-6-18)31-16-17-11-13-26-14-12-17;/h5-15,20H,1-4,16H2,(H,29,30);1H. The zero-order valence-electron chi connectivity index (χ0n) is 17.5. The summed E-state index contributed by atoms with van der Waals surface area (Å²) in [6.07, 6.45) is 8.16. The summed E-state index contributed by atoms with van der Waals surface area (Å²) in [5, 5.41) is 9.36. The van der Waals surface area contributed by atoms with Crippen LogP contribution in [0.15, 0.2) is 67.0 Å². The van der Waals surface area contributed by atoms with Gasteiger partial charge in [-0.05, 0) is 73.0 Å². The second-order valence-electron chi connectivity index (χ2n) is 7.92. The Balaban J connectivity index is 0.00000245. The Bertz CT molecular complexity index is 1220. The molecule has 164 valence electrons. The van der Waals surface area contributed by atoms with Crippen LogP contribution in [0, 0.1) is 0 Å². The third kappa shape index (κ3) is 4.32. The van der Waals surface area contributed by atoms with E-state index in [1.54, 1.807) is 24.5 Å². The third-order valence-electron chi connectivity index (χ3n) is 5.89. The van der Waals surface area contributed by atoms with Gasteiger partial charge in [-0.15, -0.1) is 12.4 Å². The summed E-state index contributed by atoms with van der Waals surface area (Å²) in [7, 11) is 0. The summed E-state index contributed by atoms with van der Waals surface area (Å²) >= 11 is 0. The lowest BCUT2D eigenvalue weighted by molar-refractivity contribution is 0.0697. The molecule has 0 amide bonds.